The maximum absolute atomic E-state index is 14.0. The molecule has 2 heterocycles. The summed E-state index contributed by atoms with van der Waals surface area (Å²) in [7, 11) is 1.50. The number of anilines is 1. The highest BCUT2D eigenvalue weighted by atomic mass is 19.1. The number of rotatable bonds is 5. The third-order valence-corrected chi connectivity index (χ3v) is 4.77. The van der Waals surface area contributed by atoms with Gasteiger partial charge in [0.15, 0.2) is 0 Å². The van der Waals surface area contributed by atoms with Crippen molar-refractivity contribution >= 4 is 23.0 Å². The van der Waals surface area contributed by atoms with Crippen molar-refractivity contribution in [3.63, 3.8) is 0 Å². The lowest BCUT2D eigenvalue weighted by Crippen LogP contribution is -2.29. The van der Waals surface area contributed by atoms with Gasteiger partial charge in [-0.25, -0.2) is 18.6 Å². The molecule has 1 aromatic heterocycles. The predicted octanol–water partition coefficient (Wildman–Crippen LogP) is 3.79. The number of hydrogen-bond donors (Lipinski definition) is 1. The van der Waals surface area contributed by atoms with Crippen LogP contribution in [0.4, 0.5) is 14.7 Å². The van der Waals surface area contributed by atoms with Gasteiger partial charge in [0.1, 0.15) is 18.2 Å². The van der Waals surface area contributed by atoms with Gasteiger partial charge in [0.2, 0.25) is 5.95 Å². The zero-order chi connectivity index (χ0) is 20.5. The van der Waals surface area contributed by atoms with Gasteiger partial charge in [0.25, 0.3) is 0 Å². The fourth-order valence-corrected chi connectivity index (χ4v) is 3.57. The summed E-state index contributed by atoms with van der Waals surface area (Å²) in [6.07, 6.45) is 0. The SMILES string of the molecule is COCCOC(=O)C1=C(C)Nc2nc3ccccc3n2C1c1cc(F)cc(F)c1. The standard InChI is InChI=1S/C21H19F2N3O3/c1-12-18(20(27)29-8-7-28-2)19(13-9-14(22)11-15(23)10-13)26-17-6-4-3-5-16(17)25-21(26)24-12/h3-6,9-11,19H,7-8H2,1-2H3,(H,24,25). The van der Waals surface area contributed by atoms with Crippen LogP contribution in [0.5, 0.6) is 0 Å². The number of halogens is 2. The minimum atomic E-state index is -0.807. The number of benzene rings is 2. The second-order valence-electron chi connectivity index (χ2n) is 6.69. The van der Waals surface area contributed by atoms with Gasteiger partial charge in [0.05, 0.1) is 29.3 Å². The van der Waals surface area contributed by atoms with Gasteiger partial charge in [-0.1, -0.05) is 12.1 Å². The lowest BCUT2D eigenvalue weighted by molar-refractivity contribution is -0.140. The van der Waals surface area contributed by atoms with Gasteiger partial charge in [-0.15, -0.1) is 0 Å². The summed E-state index contributed by atoms with van der Waals surface area (Å²) in [5.74, 6) is -1.57. The van der Waals surface area contributed by atoms with Crippen molar-refractivity contribution in [3.8, 4) is 0 Å². The Balaban J connectivity index is 1.90. The molecule has 0 saturated carbocycles. The third-order valence-electron chi connectivity index (χ3n) is 4.77. The molecule has 1 N–H and O–H groups in total. The number of allylic oxidation sites excluding steroid dienone is 1. The van der Waals surface area contributed by atoms with E-state index in [1.165, 1.54) is 19.2 Å². The molecule has 1 aliphatic heterocycles. The summed E-state index contributed by atoms with van der Waals surface area (Å²) in [4.78, 5) is 17.5. The van der Waals surface area contributed by atoms with Crippen molar-refractivity contribution < 1.29 is 23.0 Å². The molecule has 0 amide bonds. The number of ether oxygens (including phenoxy) is 2. The van der Waals surface area contributed by atoms with Crippen LogP contribution in [0.15, 0.2) is 53.7 Å². The second-order valence-corrected chi connectivity index (χ2v) is 6.69. The molecule has 1 aliphatic rings. The van der Waals surface area contributed by atoms with Crippen molar-refractivity contribution in [1.82, 2.24) is 9.55 Å². The number of imidazole rings is 1. The Morgan fingerprint density at radius 3 is 2.62 bits per heavy atom. The Bertz CT molecular complexity index is 1100. The number of para-hydroxylation sites is 2. The maximum atomic E-state index is 14.0. The molecule has 6 nitrogen and oxygen atoms in total. The molecular weight excluding hydrogens is 380 g/mol. The Labute approximate surface area is 165 Å². The van der Waals surface area contributed by atoms with E-state index in [2.05, 4.69) is 10.3 Å². The van der Waals surface area contributed by atoms with Crippen LogP contribution in [0.2, 0.25) is 0 Å². The molecule has 1 unspecified atom stereocenters. The molecule has 0 aliphatic carbocycles. The highest BCUT2D eigenvalue weighted by molar-refractivity contribution is 5.94. The van der Waals surface area contributed by atoms with Gasteiger partial charge < -0.3 is 14.8 Å². The fourth-order valence-electron chi connectivity index (χ4n) is 3.57. The van der Waals surface area contributed by atoms with Crippen LogP contribution in [0.3, 0.4) is 0 Å². The van der Waals surface area contributed by atoms with E-state index in [4.69, 9.17) is 9.47 Å². The smallest absolute Gasteiger partial charge is 0.338 e. The lowest BCUT2D eigenvalue weighted by atomic mass is 9.95. The molecule has 1 atom stereocenters. The summed E-state index contributed by atoms with van der Waals surface area (Å²) in [5.41, 5.74) is 2.45. The molecule has 0 saturated heterocycles. The van der Waals surface area contributed by atoms with Crippen molar-refractivity contribution in [1.29, 1.82) is 0 Å². The van der Waals surface area contributed by atoms with E-state index in [0.29, 0.717) is 17.2 Å². The van der Waals surface area contributed by atoms with Crippen LogP contribution in [-0.4, -0.2) is 35.8 Å². The molecule has 8 heteroatoms. The fraction of sp³-hybridized carbons (Fsp3) is 0.238. The first kappa shape index (κ1) is 19.1. The second kappa shape index (κ2) is 7.63. The van der Waals surface area contributed by atoms with Gasteiger partial charge in [-0.2, -0.15) is 0 Å². The summed E-state index contributed by atoms with van der Waals surface area (Å²) >= 11 is 0. The van der Waals surface area contributed by atoms with Gasteiger partial charge >= 0.3 is 5.97 Å². The van der Waals surface area contributed by atoms with Crippen LogP contribution in [0.25, 0.3) is 11.0 Å². The average Bonchev–Trinajstić information content (AvgIpc) is 3.04. The Kier molecular flexibility index (Phi) is 5.02. The van der Waals surface area contributed by atoms with E-state index in [1.54, 1.807) is 11.5 Å². The summed E-state index contributed by atoms with van der Waals surface area (Å²) in [6, 6.07) is 9.77. The topological polar surface area (TPSA) is 65.4 Å². The highest BCUT2D eigenvalue weighted by Gasteiger charge is 2.35. The molecular formula is C21H19F2N3O3. The number of methoxy groups -OCH3 is 1. The van der Waals surface area contributed by atoms with Crippen LogP contribution in [0.1, 0.15) is 18.5 Å². The molecule has 0 spiro atoms. The van der Waals surface area contributed by atoms with E-state index in [9.17, 15) is 13.6 Å². The number of nitrogens with zero attached hydrogens (tertiary/aromatic N) is 2. The Morgan fingerprint density at radius 1 is 1.17 bits per heavy atom. The first-order valence-corrected chi connectivity index (χ1v) is 9.06. The molecule has 3 aromatic rings. The van der Waals surface area contributed by atoms with E-state index in [-0.39, 0.29) is 24.4 Å². The molecule has 150 valence electrons. The zero-order valence-electron chi connectivity index (χ0n) is 15.9. The molecule has 2 aromatic carbocycles. The average molecular weight is 399 g/mol. The number of fused-ring (bicyclic) bond motifs is 3. The van der Waals surface area contributed by atoms with Crippen LogP contribution in [0, 0.1) is 11.6 Å². The number of esters is 1. The number of nitrogens with one attached hydrogen (secondary N) is 1. The number of carbonyl (C=O) groups is 1. The molecule has 4 rings (SSSR count). The highest BCUT2D eigenvalue weighted by Crippen LogP contribution is 2.39. The first-order valence-electron chi connectivity index (χ1n) is 9.06. The largest absolute Gasteiger partial charge is 0.460 e. The summed E-state index contributed by atoms with van der Waals surface area (Å²) < 4.78 is 40.1. The molecule has 0 fully saturated rings. The summed E-state index contributed by atoms with van der Waals surface area (Å²) in [5, 5.41) is 3.11. The number of carbonyl (C=O) groups excluding carboxylic acids is 1. The normalized spacial score (nSPS) is 15.9. The molecule has 29 heavy (non-hydrogen) atoms. The lowest BCUT2D eigenvalue weighted by Gasteiger charge is -2.30. The van der Waals surface area contributed by atoms with Crippen molar-refractivity contribution in [2.75, 3.05) is 25.6 Å². The quantitative estimate of drug-likeness (QED) is 0.522. The Morgan fingerprint density at radius 2 is 1.90 bits per heavy atom. The van der Waals surface area contributed by atoms with Crippen LogP contribution in [-0.2, 0) is 14.3 Å². The minimum Gasteiger partial charge on any atom is -0.460 e. The predicted molar refractivity (Wildman–Crippen MR) is 103 cm³/mol. The van der Waals surface area contributed by atoms with Crippen LogP contribution >= 0.6 is 0 Å². The minimum absolute atomic E-state index is 0.0634. The van der Waals surface area contributed by atoms with Crippen molar-refractivity contribution in [3.05, 3.63) is 70.9 Å². The van der Waals surface area contributed by atoms with Crippen molar-refractivity contribution in [2.45, 2.75) is 13.0 Å². The first-order chi connectivity index (χ1) is 14.0. The van der Waals surface area contributed by atoms with Gasteiger partial charge in [0, 0.05) is 18.9 Å². The molecule has 0 bridgehead atoms. The molecule has 0 radical (unpaired) electrons. The number of aromatic nitrogens is 2. The maximum Gasteiger partial charge on any atom is 0.338 e. The monoisotopic (exact) mass is 399 g/mol. The number of hydrogen-bond acceptors (Lipinski definition) is 5. The van der Waals surface area contributed by atoms with E-state index < -0.39 is 23.6 Å². The van der Waals surface area contributed by atoms with E-state index in [0.717, 1.165) is 11.6 Å². The third kappa shape index (κ3) is 3.47. The van der Waals surface area contributed by atoms with Gasteiger partial charge in [-0.05, 0) is 36.8 Å². The Hall–Kier alpha value is -3.26. The van der Waals surface area contributed by atoms with Crippen molar-refractivity contribution in [2.24, 2.45) is 0 Å². The van der Waals surface area contributed by atoms with E-state index in [1.807, 2.05) is 24.3 Å². The zero-order valence-corrected chi connectivity index (χ0v) is 15.9. The van der Waals surface area contributed by atoms with E-state index >= 15 is 0 Å². The van der Waals surface area contributed by atoms with Crippen LogP contribution < -0.4 is 5.32 Å². The van der Waals surface area contributed by atoms with Gasteiger partial charge in [-0.3, -0.25) is 4.57 Å². The summed E-state index contributed by atoms with van der Waals surface area (Å²) in [6.45, 7) is 2.01.